The molecule has 9 heteroatoms. The van der Waals surface area contributed by atoms with Gasteiger partial charge in [-0.05, 0) is 60.0 Å². The van der Waals surface area contributed by atoms with Gasteiger partial charge in [0.1, 0.15) is 11.6 Å². The summed E-state index contributed by atoms with van der Waals surface area (Å²) in [4.78, 5) is 11.0. The minimum Gasteiger partial charge on any atom is -0.497 e. The van der Waals surface area contributed by atoms with Crippen molar-refractivity contribution in [1.82, 2.24) is 3.97 Å². The third-order valence-electron chi connectivity index (χ3n) is 5.30. The monoisotopic (exact) mass is 487 g/mol. The summed E-state index contributed by atoms with van der Waals surface area (Å²) < 4.78 is 47.8. The summed E-state index contributed by atoms with van der Waals surface area (Å²) in [6.45, 7) is 0. The fourth-order valence-electron chi connectivity index (χ4n) is 3.67. The Kier molecular flexibility index (Phi) is 6.14. The molecule has 170 valence electrons. The number of aromatic nitrogens is 1. The van der Waals surface area contributed by atoms with Gasteiger partial charge in [-0.2, -0.15) is 0 Å². The van der Waals surface area contributed by atoms with Gasteiger partial charge in [0.05, 0.1) is 17.5 Å². The van der Waals surface area contributed by atoms with Crippen LogP contribution in [-0.4, -0.2) is 30.6 Å². The number of carbonyl (C=O) groups is 1. The third-order valence-corrected chi connectivity index (χ3v) is 7.21. The average molecular weight is 488 g/mol. The first-order valence-corrected chi connectivity index (χ1v) is 11.7. The highest BCUT2D eigenvalue weighted by Gasteiger charge is 2.22. The highest BCUT2D eigenvalue weighted by molar-refractivity contribution is 7.90. The molecule has 6 nitrogen and oxygen atoms in total. The van der Waals surface area contributed by atoms with E-state index in [0.717, 1.165) is 3.97 Å². The maximum absolute atomic E-state index is 14.6. The lowest BCUT2D eigenvalue weighted by molar-refractivity contribution is -0.136. The van der Waals surface area contributed by atoms with Gasteiger partial charge in [-0.3, -0.25) is 4.79 Å². The molecule has 3 aromatic carbocycles. The lowest BCUT2D eigenvalue weighted by Crippen LogP contribution is -2.12. The number of halogens is 2. The fourth-order valence-corrected chi connectivity index (χ4v) is 5.28. The molecular weight excluding hydrogens is 469 g/mol. The van der Waals surface area contributed by atoms with Crippen LogP contribution in [0.15, 0.2) is 71.8 Å². The van der Waals surface area contributed by atoms with E-state index in [0.29, 0.717) is 32.8 Å². The van der Waals surface area contributed by atoms with Crippen LogP contribution in [0.25, 0.3) is 22.0 Å². The molecule has 0 unspecified atom stereocenters. The van der Waals surface area contributed by atoms with Crippen LogP contribution in [0.1, 0.15) is 12.0 Å². The number of hydrogen-bond acceptors (Lipinski definition) is 4. The zero-order chi connectivity index (χ0) is 23.8. The molecule has 0 spiro atoms. The van der Waals surface area contributed by atoms with E-state index in [-0.39, 0.29) is 23.3 Å². The fraction of sp³-hybridized carbons (Fsp3) is 0.125. The predicted molar refractivity (Wildman–Crippen MR) is 124 cm³/mol. The normalized spacial score (nSPS) is 11.6. The third kappa shape index (κ3) is 4.44. The van der Waals surface area contributed by atoms with Gasteiger partial charge in [-0.25, -0.2) is 16.8 Å². The van der Waals surface area contributed by atoms with Crippen LogP contribution in [0.3, 0.4) is 0 Å². The van der Waals surface area contributed by atoms with Crippen molar-refractivity contribution < 1.29 is 27.4 Å². The van der Waals surface area contributed by atoms with Crippen LogP contribution in [0.2, 0.25) is 5.02 Å². The van der Waals surface area contributed by atoms with Crippen LogP contribution in [0.4, 0.5) is 4.39 Å². The number of hydrogen-bond donors (Lipinski definition) is 1. The first-order chi connectivity index (χ1) is 15.7. The molecule has 0 fully saturated rings. The number of benzene rings is 3. The molecule has 4 aromatic rings. The van der Waals surface area contributed by atoms with Gasteiger partial charge in [0.2, 0.25) is 0 Å². The largest absolute Gasteiger partial charge is 0.497 e. The lowest BCUT2D eigenvalue weighted by atomic mass is 10.1. The Morgan fingerprint density at radius 3 is 2.61 bits per heavy atom. The van der Waals surface area contributed by atoms with Gasteiger partial charge < -0.3 is 9.84 Å². The molecule has 1 heterocycles. The Morgan fingerprint density at radius 2 is 1.91 bits per heavy atom. The van der Waals surface area contributed by atoms with Crippen LogP contribution < -0.4 is 4.74 Å². The van der Waals surface area contributed by atoms with Crippen molar-refractivity contribution in [2.45, 2.75) is 17.7 Å². The second kappa shape index (κ2) is 8.88. The van der Waals surface area contributed by atoms with E-state index >= 15 is 0 Å². The Labute approximate surface area is 194 Å². The number of ether oxygens (including phenoxy) is 1. The van der Waals surface area contributed by atoms with Gasteiger partial charge in [0.15, 0.2) is 0 Å². The first-order valence-electron chi connectivity index (χ1n) is 9.91. The number of fused-ring (bicyclic) bond motifs is 1. The predicted octanol–water partition coefficient (Wildman–Crippen LogP) is 5.36. The second-order valence-corrected chi connectivity index (χ2v) is 9.64. The number of carboxylic acids is 1. The van der Waals surface area contributed by atoms with Crippen molar-refractivity contribution in [2.75, 3.05) is 7.11 Å². The number of aryl methyl sites for hydroxylation is 1. The minimum atomic E-state index is -4.07. The zero-order valence-corrected chi connectivity index (χ0v) is 19.0. The van der Waals surface area contributed by atoms with Gasteiger partial charge in [-0.1, -0.05) is 23.7 Å². The molecular formula is C24H19ClFNO5S. The summed E-state index contributed by atoms with van der Waals surface area (Å²) in [5, 5.41) is 10.0. The van der Waals surface area contributed by atoms with Crippen molar-refractivity contribution >= 4 is 38.5 Å². The van der Waals surface area contributed by atoms with E-state index in [4.69, 9.17) is 21.4 Å². The van der Waals surface area contributed by atoms with Crippen molar-refractivity contribution in [1.29, 1.82) is 0 Å². The Hall–Kier alpha value is -3.36. The van der Waals surface area contributed by atoms with E-state index in [1.54, 1.807) is 36.4 Å². The second-order valence-electron chi connectivity index (χ2n) is 7.38. The zero-order valence-electron chi connectivity index (χ0n) is 17.5. The topological polar surface area (TPSA) is 85.6 Å². The molecule has 0 aliphatic heterocycles. The summed E-state index contributed by atoms with van der Waals surface area (Å²) in [6.07, 6.45) is 1.41. The molecule has 4 rings (SSSR count). The van der Waals surface area contributed by atoms with Gasteiger partial charge in [-0.15, -0.1) is 0 Å². The summed E-state index contributed by atoms with van der Waals surface area (Å²) >= 11 is 6.10. The van der Waals surface area contributed by atoms with E-state index in [2.05, 4.69) is 0 Å². The average Bonchev–Trinajstić information content (AvgIpc) is 3.16. The van der Waals surface area contributed by atoms with Gasteiger partial charge in [0.25, 0.3) is 10.0 Å². The van der Waals surface area contributed by atoms with Crippen LogP contribution in [0, 0.1) is 5.82 Å². The van der Waals surface area contributed by atoms with Crippen LogP contribution in [0.5, 0.6) is 5.75 Å². The molecule has 0 radical (unpaired) electrons. The van der Waals surface area contributed by atoms with Crippen molar-refractivity contribution in [3.05, 3.63) is 83.3 Å². The molecule has 0 aliphatic rings. The Bertz CT molecular complexity index is 1480. The van der Waals surface area contributed by atoms with Gasteiger partial charge in [0, 0.05) is 34.7 Å². The molecule has 0 atom stereocenters. The molecule has 0 aliphatic carbocycles. The van der Waals surface area contributed by atoms with Crippen molar-refractivity contribution in [3.63, 3.8) is 0 Å². The lowest BCUT2D eigenvalue weighted by Gasteiger charge is -2.11. The minimum absolute atomic E-state index is 0.0353. The number of rotatable bonds is 7. The summed E-state index contributed by atoms with van der Waals surface area (Å²) in [5.74, 6) is -1.18. The number of carboxylic acid groups (broad SMARTS) is 1. The van der Waals surface area contributed by atoms with E-state index in [9.17, 15) is 17.6 Å². The Balaban J connectivity index is 1.82. The molecule has 0 amide bonds. The summed E-state index contributed by atoms with van der Waals surface area (Å²) in [6, 6.07) is 15.1. The molecule has 1 aromatic heterocycles. The first kappa shape index (κ1) is 22.8. The van der Waals surface area contributed by atoms with Crippen molar-refractivity contribution in [2.24, 2.45) is 0 Å². The maximum atomic E-state index is 14.6. The molecule has 0 saturated carbocycles. The molecule has 0 bridgehead atoms. The molecule has 1 N–H and O–H groups in total. The quantitative estimate of drug-likeness (QED) is 0.379. The number of methoxy groups -OCH3 is 1. The highest BCUT2D eigenvalue weighted by Crippen LogP contribution is 2.32. The SMILES string of the molecule is COc1ccc(-c2cccc(S(=O)(=O)n3cc(CCC(=O)O)c4cc(Cl)ccc43)c2)c(F)c1. The smallest absolute Gasteiger partial charge is 0.303 e. The van der Waals surface area contributed by atoms with Crippen LogP contribution >= 0.6 is 11.6 Å². The van der Waals surface area contributed by atoms with E-state index < -0.39 is 21.8 Å². The molecule has 0 saturated heterocycles. The van der Waals surface area contributed by atoms with Crippen molar-refractivity contribution in [3.8, 4) is 16.9 Å². The Morgan fingerprint density at radius 1 is 1.12 bits per heavy atom. The van der Waals surface area contributed by atoms with Crippen LogP contribution in [-0.2, 0) is 21.2 Å². The number of nitrogens with zero attached hydrogens (tertiary/aromatic N) is 1. The van der Waals surface area contributed by atoms with E-state index in [1.807, 2.05) is 0 Å². The van der Waals surface area contributed by atoms with Gasteiger partial charge >= 0.3 is 5.97 Å². The summed E-state index contributed by atoms with van der Waals surface area (Å²) in [7, 11) is -2.64. The standard InChI is InChI=1S/C24H19ClFNO5S/c1-32-18-7-8-20(22(26)13-18)15-3-2-4-19(11-15)33(30,31)27-14-16(5-10-24(28)29)21-12-17(25)6-9-23(21)27/h2-4,6-9,11-14H,5,10H2,1H3,(H,28,29). The molecule has 33 heavy (non-hydrogen) atoms. The highest BCUT2D eigenvalue weighted by atomic mass is 35.5. The maximum Gasteiger partial charge on any atom is 0.303 e. The van der Waals surface area contributed by atoms with E-state index in [1.165, 1.54) is 37.6 Å². The number of aliphatic carboxylic acids is 1. The summed E-state index contributed by atoms with van der Waals surface area (Å²) in [5.41, 5.74) is 1.55.